The molecular weight excluding hydrogens is 176 g/mol. The lowest BCUT2D eigenvalue weighted by Crippen LogP contribution is -2.23. The topological polar surface area (TPSA) is 48.1 Å². The zero-order valence-electron chi connectivity index (χ0n) is 6.83. The molecule has 0 spiro atoms. The molecule has 0 aromatic carbocycles. The molecule has 0 fully saturated rings. The van der Waals surface area contributed by atoms with Crippen LogP contribution >= 0.6 is 11.6 Å². The van der Waals surface area contributed by atoms with E-state index >= 15 is 0 Å². The highest BCUT2D eigenvalue weighted by Gasteiger charge is 2.01. The van der Waals surface area contributed by atoms with Crippen molar-refractivity contribution in [2.75, 3.05) is 6.54 Å². The summed E-state index contributed by atoms with van der Waals surface area (Å²) in [5.41, 5.74) is 5.37. The lowest BCUT2D eigenvalue weighted by Gasteiger charge is -2.10. The Balaban J connectivity index is 2.63. The molecule has 12 heavy (non-hydrogen) atoms. The van der Waals surface area contributed by atoms with Gasteiger partial charge in [-0.2, -0.15) is 0 Å². The van der Waals surface area contributed by atoms with Gasteiger partial charge in [0, 0.05) is 12.6 Å². The number of pyridine rings is 1. The van der Waals surface area contributed by atoms with Gasteiger partial charge in [-0.1, -0.05) is 17.7 Å². The maximum atomic E-state index is 5.65. The van der Waals surface area contributed by atoms with E-state index in [1.165, 1.54) is 0 Å². The van der Waals surface area contributed by atoms with Crippen molar-refractivity contribution >= 4 is 11.6 Å². The third-order valence-electron chi connectivity index (χ3n) is 1.34. The second-order valence-corrected chi connectivity index (χ2v) is 2.85. The van der Waals surface area contributed by atoms with Gasteiger partial charge in [0.2, 0.25) is 5.88 Å². The fourth-order valence-corrected chi connectivity index (χ4v) is 0.866. The molecule has 1 atom stereocenters. The average Bonchev–Trinajstić information content (AvgIpc) is 2.04. The molecule has 0 aliphatic rings. The molecular formula is C8H11ClN2O. The van der Waals surface area contributed by atoms with E-state index in [2.05, 4.69) is 4.98 Å². The Morgan fingerprint density at radius 2 is 2.42 bits per heavy atom. The first-order valence-corrected chi connectivity index (χ1v) is 4.09. The number of nitrogens with zero attached hydrogens (tertiary/aromatic N) is 1. The van der Waals surface area contributed by atoms with Crippen molar-refractivity contribution in [2.24, 2.45) is 5.73 Å². The van der Waals surface area contributed by atoms with Crippen molar-refractivity contribution in [1.82, 2.24) is 4.98 Å². The fourth-order valence-electron chi connectivity index (χ4n) is 0.710. The van der Waals surface area contributed by atoms with Crippen LogP contribution in [0.4, 0.5) is 0 Å². The Hall–Kier alpha value is -0.800. The van der Waals surface area contributed by atoms with Gasteiger partial charge in [0.05, 0.1) is 0 Å². The molecule has 3 nitrogen and oxygen atoms in total. The summed E-state index contributed by atoms with van der Waals surface area (Å²) < 4.78 is 5.32. The summed E-state index contributed by atoms with van der Waals surface area (Å²) in [6, 6.07) is 5.23. The van der Waals surface area contributed by atoms with E-state index in [4.69, 9.17) is 22.1 Å². The van der Waals surface area contributed by atoms with E-state index in [1.54, 1.807) is 18.2 Å². The molecule has 0 amide bonds. The summed E-state index contributed by atoms with van der Waals surface area (Å²) in [5, 5.41) is 0.428. The van der Waals surface area contributed by atoms with Gasteiger partial charge in [-0.25, -0.2) is 4.98 Å². The molecule has 0 aliphatic carbocycles. The molecule has 0 saturated heterocycles. The second-order valence-electron chi connectivity index (χ2n) is 2.46. The molecule has 0 bridgehead atoms. The lowest BCUT2D eigenvalue weighted by molar-refractivity contribution is 0.221. The van der Waals surface area contributed by atoms with Gasteiger partial charge >= 0.3 is 0 Å². The minimum Gasteiger partial charge on any atom is -0.473 e. The summed E-state index contributed by atoms with van der Waals surface area (Å²) >= 11 is 5.65. The largest absolute Gasteiger partial charge is 0.473 e. The van der Waals surface area contributed by atoms with Crippen LogP contribution in [0.1, 0.15) is 6.92 Å². The summed E-state index contributed by atoms with van der Waals surface area (Å²) in [7, 11) is 0. The number of hydrogen-bond donors (Lipinski definition) is 1. The van der Waals surface area contributed by atoms with E-state index < -0.39 is 0 Å². The van der Waals surface area contributed by atoms with Crippen LogP contribution in [0.5, 0.6) is 5.88 Å². The van der Waals surface area contributed by atoms with Gasteiger partial charge < -0.3 is 10.5 Å². The van der Waals surface area contributed by atoms with E-state index in [1.807, 2.05) is 6.92 Å². The Labute approximate surface area is 76.5 Å². The molecule has 1 aromatic heterocycles. The van der Waals surface area contributed by atoms with Crippen LogP contribution in [0.2, 0.25) is 5.15 Å². The van der Waals surface area contributed by atoms with Crippen molar-refractivity contribution in [3.63, 3.8) is 0 Å². The van der Waals surface area contributed by atoms with Crippen LogP contribution in [0, 0.1) is 0 Å². The number of halogens is 1. The van der Waals surface area contributed by atoms with Crippen LogP contribution in [0.15, 0.2) is 18.2 Å². The predicted octanol–water partition coefficient (Wildman–Crippen LogP) is 1.46. The molecule has 2 N–H and O–H groups in total. The number of rotatable bonds is 3. The molecule has 1 heterocycles. The van der Waals surface area contributed by atoms with Crippen LogP contribution in [-0.2, 0) is 0 Å². The Kier molecular flexibility index (Phi) is 3.31. The van der Waals surface area contributed by atoms with Gasteiger partial charge in [0.1, 0.15) is 11.3 Å². The van der Waals surface area contributed by atoms with Crippen molar-refractivity contribution < 1.29 is 4.74 Å². The van der Waals surface area contributed by atoms with E-state index in [0.29, 0.717) is 17.6 Å². The summed E-state index contributed by atoms with van der Waals surface area (Å²) in [6.07, 6.45) is -0.0315. The van der Waals surface area contributed by atoms with Gasteiger partial charge in [0.25, 0.3) is 0 Å². The van der Waals surface area contributed by atoms with Gasteiger partial charge in [-0.15, -0.1) is 0 Å². The van der Waals surface area contributed by atoms with Crippen LogP contribution in [0.25, 0.3) is 0 Å². The summed E-state index contributed by atoms with van der Waals surface area (Å²) in [5.74, 6) is 0.514. The number of hydrogen-bond acceptors (Lipinski definition) is 3. The molecule has 1 aromatic rings. The highest BCUT2D eigenvalue weighted by Crippen LogP contribution is 2.12. The van der Waals surface area contributed by atoms with Crippen molar-refractivity contribution in [3.05, 3.63) is 23.4 Å². The van der Waals surface area contributed by atoms with Crippen LogP contribution < -0.4 is 10.5 Å². The third kappa shape index (κ3) is 2.68. The Morgan fingerprint density at radius 1 is 1.67 bits per heavy atom. The molecule has 0 saturated carbocycles. The maximum Gasteiger partial charge on any atom is 0.214 e. The maximum absolute atomic E-state index is 5.65. The van der Waals surface area contributed by atoms with Crippen molar-refractivity contribution in [3.8, 4) is 5.88 Å². The minimum absolute atomic E-state index is 0.0315. The van der Waals surface area contributed by atoms with Crippen LogP contribution in [0.3, 0.4) is 0 Å². The zero-order valence-corrected chi connectivity index (χ0v) is 7.58. The second kappa shape index (κ2) is 4.28. The predicted molar refractivity (Wildman–Crippen MR) is 48.4 cm³/mol. The SMILES string of the molecule is CC(CN)Oc1cccc(Cl)n1. The normalized spacial score (nSPS) is 12.6. The zero-order chi connectivity index (χ0) is 8.97. The Morgan fingerprint density at radius 3 is 3.00 bits per heavy atom. The van der Waals surface area contributed by atoms with Gasteiger partial charge in [0.15, 0.2) is 0 Å². The standard InChI is InChI=1S/C8H11ClN2O/c1-6(5-10)12-8-4-2-3-7(9)11-8/h2-4,6H,5,10H2,1H3. The van der Waals surface area contributed by atoms with E-state index in [-0.39, 0.29) is 6.10 Å². The summed E-state index contributed by atoms with van der Waals surface area (Å²) in [6.45, 7) is 2.34. The molecule has 1 rings (SSSR count). The third-order valence-corrected chi connectivity index (χ3v) is 1.55. The average molecular weight is 187 g/mol. The monoisotopic (exact) mass is 186 g/mol. The van der Waals surface area contributed by atoms with Crippen LogP contribution in [-0.4, -0.2) is 17.6 Å². The quantitative estimate of drug-likeness (QED) is 0.728. The first-order valence-electron chi connectivity index (χ1n) is 3.71. The minimum atomic E-state index is -0.0315. The van der Waals surface area contributed by atoms with Gasteiger partial charge in [-0.3, -0.25) is 0 Å². The lowest BCUT2D eigenvalue weighted by atomic mass is 10.4. The highest BCUT2D eigenvalue weighted by atomic mass is 35.5. The van der Waals surface area contributed by atoms with Crippen molar-refractivity contribution in [1.29, 1.82) is 0 Å². The molecule has 66 valence electrons. The number of ether oxygens (including phenoxy) is 1. The first kappa shape index (κ1) is 9.29. The van der Waals surface area contributed by atoms with E-state index in [9.17, 15) is 0 Å². The first-order chi connectivity index (χ1) is 5.72. The molecule has 0 aliphatic heterocycles. The van der Waals surface area contributed by atoms with Crippen molar-refractivity contribution in [2.45, 2.75) is 13.0 Å². The van der Waals surface area contributed by atoms with Gasteiger partial charge in [-0.05, 0) is 13.0 Å². The smallest absolute Gasteiger partial charge is 0.214 e. The molecule has 4 heteroatoms. The number of aromatic nitrogens is 1. The molecule has 0 radical (unpaired) electrons. The summed E-state index contributed by atoms with van der Waals surface area (Å²) in [4.78, 5) is 3.95. The van der Waals surface area contributed by atoms with E-state index in [0.717, 1.165) is 0 Å². The molecule has 1 unspecified atom stereocenters. The fraction of sp³-hybridized carbons (Fsp3) is 0.375. The highest BCUT2D eigenvalue weighted by molar-refractivity contribution is 6.29. The Bertz CT molecular complexity index is 255. The number of nitrogens with two attached hydrogens (primary N) is 1.